The number of hydrogen-bond acceptors (Lipinski definition) is 4. The number of rotatable bonds is 6. The third kappa shape index (κ3) is 4.43. The zero-order chi connectivity index (χ0) is 21.1. The van der Waals surface area contributed by atoms with Gasteiger partial charge in [0, 0.05) is 38.3 Å². The van der Waals surface area contributed by atoms with Crippen LogP contribution in [0, 0.1) is 0 Å². The van der Waals surface area contributed by atoms with Crippen molar-refractivity contribution in [3.05, 3.63) is 59.4 Å². The fraction of sp³-hybridized carbons (Fsp3) is 0.364. The quantitative estimate of drug-likeness (QED) is 0.666. The Morgan fingerprint density at radius 2 is 1.87 bits per heavy atom. The van der Waals surface area contributed by atoms with E-state index in [1.165, 1.54) is 5.56 Å². The molecule has 8 heteroatoms. The van der Waals surface area contributed by atoms with Gasteiger partial charge in [-0.25, -0.2) is 13.8 Å². The summed E-state index contributed by atoms with van der Waals surface area (Å²) in [6.45, 7) is 6.24. The molecule has 6 nitrogen and oxygen atoms in total. The minimum atomic E-state index is -2.67. The maximum Gasteiger partial charge on any atom is 0.295 e. The van der Waals surface area contributed by atoms with E-state index < -0.39 is 6.43 Å². The number of aromatic nitrogens is 2. The Morgan fingerprint density at radius 1 is 1.13 bits per heavy atom. The first-order chi connectivity index (χ1) is 14.5. The van der Waals surface area contributed by atoms with Gasteiger partial charge < -0.3 is 14.6 Å². The number of nitrogens with zero attached hydrogens (tertiary/aromatic N) is 3. The molecule has 0 bridgehead atoms. The first-order valence-electron chi connectivity index (χ1n) is 10.0. The van der Waals surface area contributed by atoms with Gasteiger partial charge >= 0.3 is 0 Å². The van der Waals surface area contributed by atoms with Gasteiger partial charge in [0.15, 0.2) is 5.82 Å². The summed E-state index contributed by atoms with van der Waals surface area (Å²) in [5.74, 6) is 0.398. The Kier molecular flexibility index (Phi) is 5.94. The lowest BCUT2D eigenvalue weighted by Crippen LogP contribution is -2.48. The number of alkyl halides is 2. The van der Waals surface area contributed by atoms with E-state index >= 15 is 0 Å². The van der Waals surface area contributed by atoms with Crippen molar-refractivity contribution in [2.75, 3.05) is 32.8 Å². The van der Waals surface area contributed by atoms with Gasteiger partial charge in [0.2, 0.25) is 0 Å². The molecule has 1 amide bonds. The second kappa shape index (κ2) is 8.79. The minimum Gasteiger partial charge on any atom is -0.494 e. The number of amides is 1. The largest absolute Gasteiger partial charge is 0.494 e. The molecule has 2 heterocycles. The molecule has 1 aromatic heterocycles. The first kappa shape index (κ1) is 20.3. The number of benzene rings is 2. The Morgan fingerprint density at radius 3 is 2.53 bits per heavy atom. The smallest absolute Gasteiger partial charge is 0.295 e. The second-order valence-corrected chi connectivity index (χ2v) is 7.30. The molecule has 0 saturated carbocycles. The van der Waals surface area contributed by atoms with Crippen LogP contribution in [0.4, 0.5) is 8.78 Å². The summed E-state index contributed by atoms with van der Waals surface area (Å²) in [4.78, 5) is 23.4. The summed E-state index contributed by atoms with van der Waals surface area (Å²) in [5, 5.41) is 0. The van der Waals surface area contributed by atoms with Crippen LogP contribution in [0.5, 0.6) is 5.75 Å². The van der Waals surface area contributed by atoms with Crippen molar-refractivity contribution in [2.24, 2.45) is 0 Å². The number of imidazole rings is 1. The predicted molar refractivity (Wildman–Crippen MR) is 110 cm³/mol. The highest BCUT2D eigenvalue weighted by atomic mass is 19.3. The highest BCUT2D eigenvalue weighted by Crippen LogP contribution is 2.22. The first-order valence-corrected chi connectivity index (χ1v) is 10.0. The monoisotopic (exact) mass is 414 g/mol. The Hall–Kier alpha value is -3.00. The molecule has 0 spiro atoms. The summed E-state index contributed by atoms with van der Waals surface area (Å²) < 4.78 is 31.1. The summed E-state index contributed by atoms with van der Waals surface area (Å²) in [6, 6.07) is 12.9. The lowest BCUT2D eigenvalue weighted by atomic mass is 10.1. The van der Waals surface area contributed by atoms with Crippen LogP contribution in [0.3, 0.4) is 0 Å². The highest BCUT2D eigenvalue weighted by Gasteiger charge is 2.23. The number of aromatic amines is 1. The molecular weight excluding hydrogens is 390 g/mol. The zero-order valence-electron chi connectivity index (χ0n) is 16.8. The van der Waals surface area contributed by atoms with Gasteiger partial charge in [-0.3, -0.25) is 9.69 Å². The molecule has 2 aromatic carbocycles. The number of H-pyrrole nitrogens is 1. The third-order valence-electron chi connectivity index (χ3n) is 5.25. The normalized spacial score (nSPS) is 15.1. The van der Waals surface area contributed by atoms with Crippen molar-refractivity contribution >= 4 is 16.9 Å². The van der Waals surface area contributed by atoms with Gasteiger partial charge in [0.25, 0.3) is 12.3 Å². The van der Waals surface area contributed by atoms with Crippen LogP contribution in [-0.2, 0) is 6.54 Å². The number of fused-ring (bicyclic) bond motifs is 1. The Labute approximate surface area is 173 Å². The van der Waals surface area contributed by atoms with Crippen LogP contribution in [-0.4, -0.2) is 58.5 Å². The molecule has 3 aromatic rings. The van der Waals surface area contributed by atoms with Crippen molar-refractivity contribution in [2.45, 2.75) is 19.9 Å². The van der Waals surface area contributed by atoms with Crippen LogP contribution >= 0.6 is 0 Å². The van der Waals surface area contributed by atoms with Gasteiger partial charge in [0.05, 0.1) is 17.6 Å². The maximum atomic E-state index is 12.9. The van der Waals surface area contributed by atoms with Gasteiger partial charge in [-0.2, -0.15) is 0 Å². The number of nitrogens with one attached hydrogen (secondary N) is 1. The molecule has 1 aliphatic rings. The van der Waals surface area contributed by atoms with E-state index in [-0.39, 0.29) is 11.7 Å². The summed E-state index contributed by atoms with van der Waals surface area (Å²) in [7, 11) is 0. The van der Waals surface area contributed by atoms with E-state index in [2.05, 4.69) is 27.0 Å². The summed E-state index contributed by atoms with van der Waals surface area (Å²) >= 11 is 0. The average Bonchev–Trinajstić information content (AvgIpc) is 3.19. The second-order valence-electron chi connectivity index (χ2n) is 7.30. The van der Waals surface area contributed by atoms with E-state index in [1.807, 2.05) is 19.1 Å². The number of carbonyl (C=O) groups excluding carboxylic acids is 1. The highest BCUT2D eigenvalue weighted by molar-refractivity contribution is 5.97. The molecule has 0 aliphatic carbocycles. The number of halogens is 2. The molecule has 0 radical (unpaired) electrons. The van der Waals surface area contributed by atoms with Crippen molar-refractivity contribution in [3.8, 4) is 5.75 Å². The standard InChI is InChI=1S/C22H24F2N4O2/c1-2-30-17-6-3-15(4-7-17)14-27-9-11-28(12-10-27)22(29)16-5-8-18-19(13-16)26-21(25-18)20(23)24/h3-8,13,20H,2,9-12,14H2,1H3,(H,25,26). The number of carbonyl (C=O) groups is 1. The van der Waals surface area contributed by atoms with E-state index in [9.17, 15) is 13.6 Å². The number of hydrogen-bond donors (Lipinski definition) is 1. The topological polar surface area (TPSA) is 61.5 Å². The van der Waals surface area contributed by atoms with E-state index in [1.54, 1.807) is 23.1 Å². The van der Waals surface area contributed by atoms with E-state index in [0.717, 1.165) is 25.4 Å². The number of ether oxygens (including phenoxy) is 1. The lowest BCUT2D eigenvalue weighted by molar-refractivity contribution is 0.0628. The van der Waals surface area contributed by atoms with Gasteiger partial charge in [-0.05, 0) is 42.8 Å². The van der Waals surface area contributed by atoms with Gasteiger partial charge in [-0.1, -0.05) is 12.1 Å². The molecule has 1 fully saturated rings. The van der Waals surface area contributed by atoms with Crippen LogP contribution < -0.4 is 4.74 Å². The molecule has 1 saturated heterocycles. The molecule has 4 rings (SSSR count). The van der Waals surface area contributed by atoms with Crippen molar-refractivity contribution in [1.82, 2.24) is 19.8 Å². The van der Waals surface area contributed by atoms with Crippen LogP contribution in [0.2, 0.25) is 0 Å². The number of piperazine rings is 1. The maximum absolute atomic E-state index is 12.9. The zero-order valence-corrected chi connectivity index (χ0v) is 16.8. The molecule has 30 heavy (non-hydrogen) atoms. The van der Waals surface area contributed by atoms with Crippen LogP contribution in [0.1, 0.15) is 35.1 Å². The summed E-state index contributed by atoms with van der Waals surface area (Å²) in [5.41, 5.74) is 2.57. The average molecular weight is 414 g/mol. The van der Waals surface area contributed by atoms with Gasteiger partial charge in [0.1, 0.15) is 5.75 Å². The third-order valence-corrected chi connectivity index (χ3v) is 5.25. The van der Waals surface area contributed by atoms with Crippen molar-refractivity contribution in [3.63, 3.8) is 0 Å². The van der Waals surface area contributed by atoms with E-state index in [4.69, 9.17) is 4.74 Å². The van der Waals surface area contributed by atoms with Gasteiger partial charge in [-0.15, -0.1) is 0 Å². The summed E-state index contributed by atoms with van der Waals surface area (Å²) in [6.07, 6.45) is -2.67. The molecule has 0 unspecified atom stereocenters. The SMILES string of the molecule is CCOc1ccc(CN2CCN(C(=O)c3ccc4nc(C(F)F)[nH]c4c3)CC2)cc1. The molecular formula is C22H24F2N4O2. The fourth-order valence-electron chi connectivity index (χ4n) is 3.67. The van der Waals surface area contributed by atoms with Crippen molar-refractivity contribution in [1.29, 1.82) is 0 Å². The molecule has 158 valence electrons. The molecule has 1 aliphatic heterocycles. The van der Waals surface area contributed by atoms with E-state index in [0.29, 0.717) is 36.3 Å². The minimum absolute atomic E-state index is 0.0918. The van der Waals surface area contributed by atoms with Crippen molar-refractivity contribution < 1.29 is 18.3 Å². The molecule has 0 atom stereocenters. The Bertz CT molecular complexity index is 1010. The van der Waals surface area contributed by atoms with Crippen LogP contribution in [0.25, 0.3) is 11.0 Å². The fourth-order valence-corrected chi connectivity index (χ4v) is 3.67. The molecule has 1 N–H and O–H groups in total. The Balaban J connectivity index is 1.35. The lowest BCUT2D eigenvalue weighted by Gasteiger charge is -2.34. The predicted octanol–water partition coefficient (Wildman–Crippen LogP) is 3.86. The van der Waals surface area contributed by atoms with Crippen LogP contribution in [0.15, 0.2) is 42.5 Å².